The number of halogens is 3. The summed E-state index contributed by atoms with van der Waals surface area (Å²) in [6.07, 6.45) is 4.40. The summed E-state index contributed by atoms with van der Waals surface area (Å²) in [6, 6.07) is 10.2. The van der Waals surface area contributed by atoms with Crippen LogP contribution in [0.1, 0.15) is 16.5 Å². The Balaban J connectivity index is 2.20. The summed E-state index contributed by atoms with van der Waals surface area (Å²) in [5, 5.41) is -0.0264. The van der Waals surface area contributed by atoms with Crippen LogP contribution in [0, 0.1) is 3.57 Å². The number of aromatic nitrogens is 1. The molecule has 0 spiro atoms. The molecule has 1 unspecified atom stereocenters. The summed E-state index contributed by atoms with van der Waals surface area (Å²) < 4.78 is 2.26. The number of alkyl halides is 1. The standard InChI is InChI=1S/C13H10BrClIN/c14-12-2-1-10(16)8-11(12)13(15)7-9-3-5-17-6-4-9/h1-6,8,13H,7H2. The van der Waals surface area contributed by atoms with E-state index in [2.05, 4.69) is 55.6 Å². The Bertz CT molecular complexity index is 504. The molecule has 1 atom stereocenters. The van der Waals surface area contributed by atoms with E-state index in [1.807, 2.05) is 18.2 Å². The van der Waals surface area contributed by atoms with Crippen LogP contribution >= 0.6 is 50.1 Å². The van der Waals surface area contributed by atoms with Crippen LogP contribution in [0.4, 0.5) is 0 Å². The molecule has 2 rings (SSSR count). The van der Waals surface area contributed by atoms with E-state index in [1.54, 1.807) is 12.4 Å². The Labute approximate surface area is 128 Å². The van der Waals surface area contributed by atoms with Gasteiger partial charge in [0.2, 0.25) is 0 Å². The Kier molecular flexibility index (Phi) is 4.82. The van der Waals surface area contributed by atoms with Gasteiger partial charge in [0.1, 0.15) is 0 Å². The van der Waals surface area contributed by atoms with Crippen LogP contribution in [-0.2, 0) is 6.42 Å². The second-order valence-corrected chi connectivity index (χ2v) is 6.32. The highest BCUT2D eigenvalue weighted by atomic mass is 127. The van der Waals surface area contributed by atoms with Crippen LogP contribution in [0.5, 0.6) is 0 Å². The van der Waals surface area contributed by atoms with Crippen LogP contribution in [0.15, 0.2) is 47.2 Å². The number of hydrogen-bond donors (Lipinski definition) is 0. The SMILES string of the molecule is ClC(Cc1ccncc1)c1cc(I)ccc1Br. The predicted molar refractivity (Wildman–Crippen MR) is 83.4 cm³/mol. The first-order valence-corrected chi connectivity index (χ1v) is 7.45. The molecule has 1 aromatic heterocycles. The van der Waals surface area contributed by atoms with Gasteiger partial charge >= 0.3 is 0 Å². The Morgan fingerprint density at radius 1 is 1.24 bits per heavy atom. The molecular weight excluding hydrogens is 412 g/mol. The zero-order valence-electron chi connectivity index (χ0n) is 8.91. The van der Waals surface area contributed by atoms with Crippen LogP contribution in [0.3, 0.4) is 0 Å². The van der Waals surface area contributed by atoms with Crippen molar-refractivity contribution in [1.82, 2.24) is 4.98 Å². The van der Waals surface area contributed by atoms with Gasteiger partial charge in [0, 0.05) is 20.4 Å². The first-order valence-electron chi connectivity index (χ1n) is 5.15. The maximum atomic E-state index is 6.46. The third-order valence-electron chi connectivity index (χ3n) is 2.46. The van der Waals surface area contributed by atoms with Crippen molar-refractivity contribution in [3.8, 4) is 0 Å². The van der Waals surface area contributed by atoms with Gasteiger partial charge in [-0.25, -0.2) is 0 Å². The summed E-state index contributed by atoms with van der Waals surface area (Å²) >= 11 is 12.3. The average Bonchev–Trinajstić information content (AvgIpc) is 2.33. The Morgan fingerprint density at radius 2 is 1.94 bits per heavy atom. The van der Waals surface area contributed by atoms with Gasteiger partial charge in [-0.3, -0.25) is 4.98 Å². The predicted octanol–water partition coefficient (Wildman–Crippen LogP) is 4.97. The minimum atomic E-state index is -0.0264. The summed E-state index contributed by atoms with van der Waals surface area (Å²) in [4.78, 5) is 4.00. The van der Waals surface area contributed by atoms with Crippen molar-refractivity contribution >= 4 is 50.1 Å². The van der Waals surface area contributed by atoms with Crippen LogP contribution in [0.2, 0.25) is 0 Å². The molecule has 2 aromatic rings. The van der Waals surface area contributed by atoms with Gasteiger partial charge in [-0.2, -0.15) is 0 Å². The van der Waals surface area contributed by atoms with Gasteiger partial charge < -0.3 is 0 Å². The molecule has 1 nitrogen and oxygen atoms in total. The minimum Gasteiger partial charge on any atom is -0.265 e. The maximum Gasteiger partial charge on any atom is 0.0636 e. The van der Waals surface area contributed by atoms with E-state index in [1.165, 1.54) is 9.13 Å². The molecule has 0 aliphatic heterocycles. The van der Waals surface area contributed by atoms with Crippen molar-refractivity contribution in [3.05, 3.63) is 61.9 Å². The number of nitrogens with zero attached hydrogens (tertiary/aromatic N) is 1. The summed E-state index contributed by atoms with van der Waals surface area (Å²) in [7, 11) is 0. The number of benzene rings is 1. The molecule has 0 saturated heterocycles. The first-order chi connectivity index (χ1) is 8.16. The molecule has 4 heteroatoms. The van der Waals surface area contributed by atoms with Gasteiger partial charge in [0.15, 0.2) is 0 Å². The number of rotatable bonds is 3. The normalized spacial score (nSPS) is 12.4. The average molecular weight is 422 g/mol. The molecule has 0 saturated carbocycles. The molecule has 0 aliphatic carbocycles. The van der Waals surface area contributed by atoms with Crippen molar-refractivity contribution in [3.63, 3.8) is 0 Å². The zero-order valence-corrected chi connectivity index (χ0v) is 13.4. The molecule has 0 N–H and O–H groups in total. The Morgan fingerprint density at radius 3 is 2.65 bits per heavy atom. The van der Waals surface area contributed by atoms with Gasteiger partial charge in [0.05, 0.1) is 5.38 Å². The van der Waals surface area contributed by atoms with Crippen molar-refractivity contribution in [2.75, 3.05) is 0 Å². The summed E-state index contributed by atoms with van der Waals surface area (Å²) in [6.45, 7) is 0. The lowest BCUT2D eigenvalue weighted by Crippen LogP contribution is -1.97. The molecule has 17 heavy (non-hydrogen) atoms. The Hall–Kier alpha value is -0.130. The fourth-order valence-electron chi connectivity index (χ4n) is 1.59. The van der Waals surface area contributed by atoms with E-state index < -0.39 is 0 Å². The van der Waals surface area contributed by atoms with Gasteiger partial charge in [-0.05, 0) is 70.5 Å². The molecule has 0 aliphatic rings. The fourth-order valence-corrected chi connectivity index (χ4v) is 3.12. The molecule has 0 fully saturated rings. The fraction of sp³-hybridized carbons (Fsp3) is 0.154. The third-order valence-corrected chi connectivity index (χ3v) is 4.24. The molecular formula is C13H10BrClIN. The zero-order chi connectivity index (χ0) is 12.3. The molecule has 1 heterocycles. The van der Waals surface area contributed by atoms with E-state index in [0.29, 0.717) is 0 Å². The largest absolute Gasteiger partial charge is 0.265 e. The molecule has 0 radical (unpaired) electrons. The van der Waals surface area contributed by atoms with Crippen LogP contribution in [-0.4, -0.2) is 4.98 Å². The highest BCUT2D eigenvalue weighted by Gasteiger charge is 2.12. The minimum absolute atomic E-state index is 0.0264. The lowest BCUT2D eigenvalue weighted by Gasteiger charge is -2.12. The van der Waals surface area contributed by atoms with Gasteiger partial charge in [-0.15, -0.1) is 11.6 Å². The van der Waals surface area contributed by atoms with E-state index in [4.69, 9.17) is 11.6 Å². The van der Waals surface area contributed by atoms with Crippen LogP contribution < -0.4 is 0 Å². The maximum absolute atomic E-state index is 6.46. The smallest absolute Gasteiger partial charge is 0.0636 e. The van der Waals surface area contributed by atoms with Crippen molar-refractivity contribution < 1.29 is 0 Å². The molecule has 0 bridgehead atoms. The molecule has 1 aromatic carbocycles. The second kappa shape index (κ2) is 6.16. The number of pyridine rings is 1. The topological polar surface area (TPSA) is 12.9 Å². The van der Waals surface area contributed by atoms with E-state index >= 15 is 0 Å². The van der Waals surface area contributed by atoms with Crippen molar-refractivity contribution in [2.45, 2.75) is 11.8 Å². The highest BCUT2D eigenvalue weighted by molar-refractivity contribution is 14.1. The monoisotopic (exact) mass is 421 g/mol. The summed E-state index contributed by atoms with van der Waals surface area (Å²) in [5.41, 5.74) is 2.33. The van der Waals surface area contributed by atoms with Crippen molar-refractivity contribution in [1.29, 1.82) is 0 Å². The van der Waals surface area contributed by atoms with Crippen molar-refractivity contribution in [2.24, 2.45) is 0 Å². The quantitative estimate of drug-likeness (QED) is 0.503. The molecule has 0 amide bonds. The third kappa shape index (κ3) is 3.66. The molecule has 88 valence electrons. The van der Waals surface area contributed by atoms with E-state index in [0.717, 1.165) is 16.5 Å². The first kappa shape index (κ1) is 13.3. The van der Waals surface area contributed by atoms with E-state index in [9.17, 15) is 0 Å². The highest BCUT2D eigenvalue weighted by Crippen LogP contribution is 2.32. The van der Waals surface area contributed by atoms with E-state index in [-0.39, 0.29) is 5.38 Å². The lowest BCUT2D eigenvalue weighted by atomic mass is 10.1. The summed E-state index contributed by atoms with van der Waals surface area (Å²) in [5.74, 6) is 0. The van der Waals surface area contributed by atoms with Gasteiger partial charge in [0.25, 0.3) is 0 Å². The van der Waals surface area contributed by atoms with Crippen LogP contribution in [0.25, 0.3) is 0 Å². The lowest BCUT2D eigenvalue weighted by molar-refractivity contribution is 0.910. The van der Waals surface area contributed by atoms with Gasteiger partial charge in [-0.1, -0.05) is 15.9 Å². The number of hydrogen-bond acceptors (Lipinski definition) is 1. The second-order valence-electron chi connectivity index (χ2n) is 3.69.